The van der Waals surface area contributed by atoms with E-state index in [4.69, 9.17) is 0 Å². The normalized spacial score (nSPS) is 12.3. The van der Waals surface area contributed by atoms with Crippen LogP contribution in [0.25, 0.3) is 0 Å². The van der Waals surface area contributed by atoms with E-state index in [1.165, 1.54) is 0 Å². The minimum atomic E-state index is -5.96. The number of hydrogen-bond donors (Lipinski definition) is 0. The van der Waals surface area contributed by atoms with Crippen molar-refractivity contribution in [1.82, 2.24) is 0 Å². The second-order valence-corrected chi connectivity index (χ2v) is 1.86. The van der Waals surface area contributed by atoms with Crippen molar-refractivity contribution in [3.8, 4) is 0 Å². The van der Waals surface area contributed by atoms with E-state index < -0.39 is 24.2 Å². The van der Waals surface area contributed by atoms with E-state index in [1.807, 2.05) is 0 Å². The fraction of sp³-hybridized carbons (Fsp3) is 0.750. The molecule has 0 radical (unpaired) electrons. The summed E-state index contributed by atoms with van der Waals surface area (Å²) in [6.45, 7) is 0. The molecular formula is C4H2F7NaO2. The quantitative estimate of drug-likeness (QED) is 0.547. The third kappa shape index (κ3) is 2.74. The molecule has 0 aliphatic heterocycles. The van der Waals surface area contributed by atoms with Gasteiger partial charge in [0.1, 0.15) is 0 Å². The van der Waals surface area contributed by atoms with E-state index in [0.717, 1.165) is 0 Å². The molecule has 0 aromatic heterocycles. The van der Waals surface area contributed by atoms with Crippen LogP contribution in [-0.2, 0) is 9.74 Å². The molecule has 0 rings (SSSR count). The van der Waals surface area contributed by atoms with Crippen LogP contribution in [0.2, 0.25) is 0 Å². The Bertz CT molecular complexity index is 206. The predicted molar refractivity (Wildman–Crippen MR) is 30.2 cm³/mol. The van der Waals surface area contributed by atoms with Gasteiger partial charge in [-0.25, -0.2) is 18.5 Å². The summed E-state index contributed by atoms with van der Waals surface area (Å²) in [7, 11) is 0. The minimum absolute atomic E-state index is 0. The molecule has 2 nitrogen and oxygen atoms in total. The molecule has 0 aromatic rings. The van der Waals surface area contributed by atoms with Crippen LogP contribution in [0.1, 0.15) is 0 Å². The van der Waals surface area contributed by atoms with Crippen molar-refractivity contribution in [3.63, 3.8) is 0 Å². The fourth-order valence-corrected chi connectivity index (χ4v) is 0.322. The van der Waals surface area contributed by atoms with Crippen LogP contribution in [0.4, 0.5) is 30.9 Å². The Balaban J connectivity index is 0. The molecule has 0 bridgehead atoms. The van der Waals surface area contributed by atoms with Gasteiger partial charge in [0.25, 0.3) is 0 Å². The van der Waals surface area contributed by atoms with Gasteiger partial charge in [0, 0.05) is 4.53 Å². The van der Waals surface area contributed by atoms with Gasteiger partial charge < -0.3 is 0 Å². The van der Waals surface area contributed by atoms with Crippen molar-refractivity contribution in [2.24, 2.45) is 0 Å². The second-order valence-electron chi connectivity index (χ2n) is 1.86. The molecule has 0 N–H and O–H groups in total. The van der Waals surface area contributed by atoms with Gasteiger partial charge in [0.15, 0.2) is 0 Å². The molecule has 0 spiro atoms. The van der Waals surface area contributed by atoms with E-state index in [2.05, 4.69) is 0 Å². The van der Waals surface area contributed by atoms with Gasteiger partial charge >= 0.3 is 53.8 Å². The summed E-state index contributed by atoms with van der Waals surface area (Å²) in [6.07, 6.45) is -4.80. The van der Waals surface area contributed by atoms with Gasteiger partial charge in [-0.05, 0) is 0 Å². The zero-order valence-electron chi connectivity index (χ0n) is 5.54. The van der Waals surface area contributed by atoms with Crippen LogP contribution >= 0.6 is 0 Å². The predicted octanol–water partition coefficient (Wildman–Crippen LogP) is 1.30. The number of carbonyl (C=O) groups excluding carboxylic acids is 1. The van der Waals surface area contributed by atoms with Crippen molar-refractivity contribution in [2.45, 2.75) is 18.3 Å². The molecule has 0 heterocycles. The summed E-state index contributed by atoms with van der Waals surface area (Å²) in [5, 5.41) is 0. The topological polar surface area (TPSA) is 26.3 Å². The first-order valence-corrected chi connectivity index (χ1v) is 2.54. The number of carbonyl (C=O) groups is 1. The third-order valence-electron chi connectivity index (χ3n) is 1.02. The molecule has 0 atom stereocenters. The molecule has 14 heavy (non-hydrogen) atoms. The number of rotatable bonds is 3. The van der Waals surface area contributed by atoms with E-state index in [9.17, 15) is 35.7 Å². The summed E-state index contributed by atoms with van der Waals surface area (Å²) in [5.41, 5.74) is 0. The number of hydrogen-bond acceptors (Lipinski definition) is 2. The summed E-state index contributed by atoms with van der Waals surface area (Å²) in [6, 6.07) is 0. The van der Waals surface area contributed by atoms with Crippen LogP contribution in [0.5, 0.6) is 0 Å². The van der Waals surface area contributed by atoms with E-state index in [0.29, 0.717) is 0 Å². The summed E-state index contributed by atoms with van der Waals surface area (Å²) >= 11 is 0. The molecule has 0 fully saturated rings. The molecule has 0 aromatic carbocycles. The summed E-state index contributed by atoms with van der Waals surface area (Å²) < 4.78 is 80.6. The first-order valence-electron chi connectivity index (χ1n) is 2.54. The SMILES string of the molecule is O=C(OF)C(F)(F)C(F)(F)C(F)F.[NaH]. The molecule has 0 unspecified atom stereocenters. The standard InChI is InChI=1S/C4HF7O2.Na.H/c5-1(6)3(7,8)4(9,10)2(12)13-11;;/h1H;;. The Morgan fingerprint density at radius 1 is 1.14 bits per heavy atom. The van der Waals surface area contributed by atoms with E-state index in [1.54, 1.807) is 4.94 Å². The Morgan fingerprint density at radius 2 is 1.50 bits per heavy atom. The molecule has 0 saturated carbocycles. The molecule has 0 saturated heterocycles. The van der Waals surface area contributed by atoms with Gasteiger partial charge in [-0.15, -0.1) is 0 Å². The zero-order chi connectivity index (χ0) is 10.9. The summed E-state index contributed by atoms with van der Waals surface area (Å²) in [4.78, 5) is 11.4. The maximum atomic E-state index is 11.9. The Hall–Kier alpha value is -0.0200. The number of alkyl halides is 6. The molecule has 10 heteroatoms. The van der Waals surface area contributed by atoms with Crippen molar-refractivity contribution in [1.29, 1.82) is 0 Å². The van der Waals surface area contributed by atoms with Crippen LogP contribution in [0.3, 0.4) is 0 Å². The Kier molecular flexibility index (Phi) is 6.06. The van der Waals surface area contributed by atoms with Gasteiger partial charge in [0.05, 0.1) is 0 Å². The van der Waals surface area contributed by atoms with Crippen molar-refractivity contribution >= 4 is 35.5 Å². The Morgan fingerprint density at radius 3 is 1.71 bits per heavy atom. The zero-order valence-corrected chi connectivity index (χ0v) is 5.54. The molecule has 0 amide bonds. The molecular weight excluding hydrogens is 236 g/mol. The molecule has 0 aliphatic rings. The van der Waals surface area contributed by atoms with Crippen LogP contribution in [0.15, 0.2) is 0 Å². The fourth-order valence-electron chi connectivity index (χ4n) is 0.322. The molecule has 80 valence electrons. The first-order chi connectivity index (χ1) is 5.67. The van der Waals surface area contributed by atoms with Crippen molar-refractivity contribution in [3.05, 3.63) is 0 Å². The third-order valence-corrected chi connectivity index (χ3v) is 1.02. The van der Waals surface area contributed by atoms with Gasteiger partial charge in [-0.2, -0.15) is 17.6 Å². The van der Waals surface area contributed by atoms with Crippen LogP contribution < -0.4 is 0 Å². The average Bonchev–Trinajstić information content (AvgIpc) is 2.02. The van der Waals surface area contributed by atoms with E-state index >= 15 is 0 Å². The van der Waals surface area contributed by atoms with Gasteiger partial charge in [0.2, 0.25) is 0 Å². The Labute approximate surface area is 94.6 Å². The molecule has 0 aliphatic carbocycles. The summed E-state index contributed by atoms with van der Waals surface area (Å²) in [5.74, 6) is -15.2. The van der Waals surface area contributed by atoms with Crippen LogP contribution in [0, 0.1) is 0 Å². The van der Waals surface area contributed by atoms with E-state index in [-0.39, 0.29) is 29.6 Å². The van der Waals surface area contributed by atoms with Gasteiger partial charge in [-0.1, -0.05) is 0 Å². The first kappa shape index (κ1) is 16.4. The monoisotopic (exact) mass is 238 g/mol. The number of halogens is 7. The maximum absolute atomic E-state index is 11.9. The van der Waals surface area contributed by atoms with Crippen molar-refractivity contribution in [2.75, 3.05) is 0 Å². The van der Waals surface area contributed by atoms with Crippen LogP contribution in [-0.4, -0.2) is 53.8 Å². The average molecular weight is 238 g/mol. The second kappa shape index (κ2) is 5.17. The van der Waals surface area contributed by atoms with Gasteiger partial charge in [-0.3, -0.25) is 0 Å². The van der Waals surface area contributed by atoms with Crippen molar-refractivity contribution < 1.29 is 40.6 Å².